The molecular weight excluding hydrogens is 224 g/mol. The second-order valence-corrected chi connectivity index (χ2v) is 4.80. The van der Waals surface area contributed by atoms with Crippen LogP contribution in [0.25, 0.3) is 0 Å². The van der Waals surface area contributed by atoms with E-state index in [0.29, 0.717) is 11.6 Å². The minimum absolute atomic E-state index is 0.193. The number of thioether (sulfide) groups is 1. The number of anilines is 1. The van der Waals surface area contributed by atoms with Gasteiger partial charge in [-0.2, -0.15) is 0 Å². The van der Waals surface area contributed by atoms with Crippen molar-refractivity contribution in [2.45, 2.75) is 25.8 Å². The SMILES string of the molecule is Cc1nc(NN)c(C)c(SCC(C)CO)n1. The quantitative estimate of drug-likeness (QED) is 0.310. The standard InChI is InChI=1S/C10H18N4OS/c1-6(4-15)5-16-10-7(2)9(14-11)12-8(3)13-10/h6,15H,4-5,11H2,1-3H3,(H,12,13,14). The Balaban J connectivity index is 2.83. The van der Waals surface area contributed by atoms with Crippen molar-refractivity contribution < 1.29 is 5.11 Å². The lowest BCUT2D eigenvalue weighted by Crippen LogP contribution is -2.12. The molecule has 1 atom stereocenters. The summed E-state index contributed by atoms with van der Waals surface area (Å²) in [5.74, 6) is 7.82. The summed E-state index contributed by atoms with van der Waals surface area (Å²) < 4.78 is 0. The van der Waals surface area contributed by atoms with Crippen molar-refractivity contribution in [1.29, 1.82) is 0 Å². The topological polar surface area (TPSA) is 84.1 Å². The molecule has 0 bridgehead atoms. The van der Waals surface area contributed by atoms with Crippen molar-refractivity contribution in [3.63, 3.8) is 0 Å². The van der Waals surface area contributed by atoms with Gasteiger partial charge in [-0.25, -0.2) is 15.8 Å². The first kappa shape index (κ1) is 13.2. The summed E-state index contributed by atoms with van der Waals surface area (Å²) in [5.41, 5.74) is 3.51. The third-order valence-corrected chi connectivity index (χ3v) is 3.57. The summed E-state index contributed by atoms with van der Waals surface area (Å²) in [6.45, 7) is 5.96. The predicted octanol–water partition coefficient (Wildman–Crippen LogP) is 1.10. The number of hydrogen-bond acceptors (Lipinski definition) is 6. The second kappa shape index (κ2) is 6.03. The van der Waals surface area contributed by atoms with Gasteiger partial charge in [0.1, 0.15) is 16.7 Å². The summed E-state index contributed by atoms with van der Waals surface area (Å²) in [7, 11) is 0. The molecule has 1 aromatic rings. The normalized spacial score (nSPS) is 12.6. The average molecular weight is 242 g/mol. The van der Waals surface area contributed by atoms with E-state index in [0.717, 1.165) is 16.3 Å². The molecular formula is C10H18N4OS. The highest BCUT2D eigenvalue weighted by molar-refractivity contribution is 7.99. The number of nitrogens with two attached hydrogens (primary N) is 1. The molecule has 0 aliphatic rings. The number of hydrazine groups is 1. The molecule has 4 N–H and O–H groups in total. The summed E-state index contributed by atoms with van der Waals surface area (Å²) in [4.78, 5) is 8.55. The number of nitrogen functional groups attached to an aromatic ring is 1. The Morgan fingerprint density at radius 3 is 2.69 bits per heavy atom. The molecule has 1 heterocycles. The number of nitrogens with zero attached hydrogens (tertiary/aromatic N) is 2. The molecule has 0 aliphatic carbocycles. The number of aromatic nitrogens is 2. The highest BCUT2D eigenvalue weighted by Gasteiger charge is 2.10. The smallest absolute Gasteiger partial charge is 0.147 e. The van der Waals surface area contributed by atoms with E-state index >= 15 is 0 Å². The molecule has 1 aromatic heterocycles. The van der Waals surface area contributed by atoms with Crippen molar-refractivity contribution >= 4 is 17.6 Å². The van der Waals surface area contributed by atoms with Crippen LogP contribution in [0.3, 0.4) is 0 Å². The van der Waals surface area contributed by atoms with Crippen molar-refractivity contribution in [2.24, 2.45) is 11.8 Å². The van der Waals surface area contributed by atoms with E-state index in [1.54, 1.807) is 11.8 Å². The summed E-state index contributed by atoms with van der Waals surface area (Å²) in [6.07, 6.45) is 0. The van der Waals surface area contributed by atoms with Gasteiger partial charge in [-0.1, -0.05) is 6.92 Å². The van der Waals surface area contributed by atoms with E-state index in [2.05, 4.69) is 15.4 Å². The predicted molar refractivity (Wildman–Crippen MR) is 66.3 cm³/mol. The van der Waals surface area contributed by atoms with Crippen LogP contribution in [0.1, 0.15) is 18.3 Å². The van der Waals surface area contributed by atoms with E-state index in [-0.39, 0.29) is 12.5 Å². The van der Waals surface area contributed by atoms with Crippen LogP contribution < -0.4 is 11.3 Å². The highest BCUT2D eigenvalue weighted by atomic mass is 32.2. The van der Waals surface area contributed by atoms with Crippen LogP contribution in [0.2, 0.25) is 0 Å². The van der Waals surface area contributed by atoms with Gasteiger partial charge in [0.15, 0.2) is 0 Å². The first-order valence-electron chi connectivity index (χ1n) is 5.14. The van der Waals surface area contributed by atoms with Gasteiger partial charge in [0.05, 0.1) is 0 Å². The molecule has 0 amide bonds. The Morgan fingerprint density at radius 1 is 1.44 bits per heavy atom. The molecule has 1 rings (SSSR count). The number of rotatable bonds is 5. The van der Waals surface area contributed by atoms with Crippen LogP contribution in [-0.4, -0.2) is 27.4 Å². The zero-order valence-electron chi connectivity index (χ0n) is 9.82. The maximum atomic E-state index is 8.96. The molecule has 5 nitrogen and oxygen atoms in total. The lowest BCUT2D eigenvalue weighted by molar-refractivity contribution is 0.250. The molecule has 0 saturated heterocycles. The van der Waals surface area contributed by atoms with Crippen LogP contribution >= 0.6 is 11.8 Å². The van der Waals surface area contributed by atoms with E-state index < -0.39 is 0 Å². The third kappa shape index (κ3) is 3.33. The molecule has 0 aliphatic heterocycles. The Morgan fingerprint density at radius 2 is 2.12 bits per heavy atom. The van der Waals surface area contributed by atoms with Crippen molar-refractivity contribution in [2.75, 3.05) is 17.8 Å². The highest BCUT2D eigenvalue weighted by Crippen LogP contribution is 2.25. The van der Waals surface area contributed by atoms with E-state index in [4.69, 9.17) is 10.9 Å². The van der Waals surface area contributed by atoms with Crippen molar-refractivity contribution in [1.82, 2.24) is 9.97 Å². The Bertz CT molecular complexity index is 359. The number of hydrogen-bond donors (Lipinski definition) is 3. The summed E-state index contributed by atoms with van der Waals surface area (Å²) >= 11 is 1.62. The van der Waals surface area contributed by atoms with Gasteiger partial charge in [0, 0.05) is 17.9 Å². The monoisotopic (exact) mass is 242 g/mol. The lowest BCUT2D eigenvalue weighted by Gasteiger charge is -2.11. The van der Waals surface area contributed by atoms with E-state index in [1.165, 1.54) is 0 Å². The van der Waals surface area contributed by atoms with Crippen LogP contribution in [0.5, 0.6) is 0 Å². The summed E-state index contributed by atoms with van der Waals surface area (Å²) in [6, 6.07) is 0. The third-order valence-electron chi connectivity index (χ3n) is 2.17. The Hall–Kier alpha value is -0.850. The van der Waals surface area contributed by atoms with Crippen LogP contribution in [0.15, 0.2) is 5.03 Å². The van der Waals surface area contributed by atoms with Gasteiger partial charge >= 0.3 is 0 Å². The van der Waals surface area contributed by atoms with Gasteiger partial charge in [0.2, 0.25) is 0 Å². The van der Waals surface area contributed by atoms with Crippen LogP contribution in [-0.2, 0) is 0 Å². The molecule has 6 heteroatoms. The number of aliphatic hydroxyl groups excluding tert-OH is 1. The molecule has 0 saturated carbocycles. The first-order chi connectivity index (χ1) is 7.58. The molecule has 1 unspecified atom stereocenters. The van der Waals surface area contributed by atoms with Crippen LogP contribution in [0, 0.1) is 19.8 Å². The number of aliphatic hydroxyl groups is 1. The van der Waals surface area contributed by atoms with E-state index in [9.17, 15) is 0 Å². The zero-order chi connectivity index (χ0) is 12.1. The zero-order valence-corrected chi connectivity index (χ0v) is 10.6. The fraction of sp³-hybridized carbons (Fsp3) is 0.600. The molecule has 0 radical (unpaired) electrons. The average Bonchev–Trinajstić information content (AvgIpc) is 2.29. The maximum absolute atomic E-state index is 8.96. The Labute approximate surface area is 99.8 Å². The number of aryl methyl sites for hydroxylation is 1. The lowest BCUT2D eigenvalue weighted by atomic mass is 10.2. The fourth-order valence-electron chi connectivity index (χ4n) is 1.16. The maximum Gasteiger partial charge on any atom is 0.147 e. The van der Waals surface area contributed by atoms with Gasteiger partial charge in [-0.05, 0) is 19.8 Å². The minimum Gasteiger partial charge on any atom is -0.396 e. The second-order valence-electron chi connectivity index (χ2n) is 3.79. The molecule has 16 heavy (non-hydrogen) atoms. The van der Waals surface area contributed by atoms with Gasteiger partial charge in [0.25, 0.3) is 0 Å². The summed E-state index contributed by atoms with van der Waals surface area (Å²) in [5, 5.41) is 9.88. The van der Waals surface area contributed by atoms with Gasteiger partial charge in [-0.15, -0.1) is 11.8 Å². The minimum atomic E-state index is 0.193. The van der Waals surface area contributed by atoms with E-state index in [1.807, 2.05) is 20.8 Å². The van der Waals surface area contributed by atoms with Crippen molar-refractivity contribution in [3.8, 4) is 0 Å². The van der Waals surface area contributed by atoms with Gasteiger partial charge in [-0.3, -0.25) is 0 Å². The van der Waals surface area contributed by atoms with Gasteiger partial charge < -0.3 is 10.5 Å². The first-order valence-corrected chi connectivity index (χ1v) is 6.12. The molecule has 0 spiro atoms. The Kier molecular flexibility index (Phi) is 4.98. The van der Waals surface area contributed by atoms with Crippen molar-refractivity contribution in [3.05, 3.63) is 11.4 Å². The van der Waals surface area contributed by atoms with Crippen LogP contribution in [0.4, 0.5) is 5.82 Å². The largest absolute Gasteiger partial charge is 0.396 e. The fourth-order valence-corrected chi connectivity index (χ4v) is 2.22. The number of nitrogens with one attached hydrogen (secondary N) is 1. The molecule has 0 aromatic carbocycles. The molecule has 90 valence electrons. The molecule has 0 fully saturated rings.